The molecule has 2 N–H and O–H groups in total. The normalized spacial score (nSPS) is 14.8. The van der Waals surface area contributed by atoms with Crippen LogP contribution >= 0.6 is 0 Å². The molecule has 19 heavy (non-hydrogen) atoms. The molecule has 2 aromatic heterocycles. The molecule has 0 unspecified atom stereocenters. The first-order valence-corrected chi connectivity index (χ1v) is 6.45. The third-order valence-electron chi connectivity index (χ3n) is 3.19. The van der Waals surface area contributed by atoms with Crippen molar-refractivity contribution in [3.8, 4) is 0 Å². The topological polar surface area (TPSA) is 80.8 Å². The molecular formula is C13H16N6. The second-order valence-corrected chi connectivity index (χ2v) is 4.64. The van der Waals surface area contributed by atoms with E-state index in [1.807, 2.05) is 12.1 Å². The van der Waals surface area contributed by atoms with Crippen molar-refractivity contribution >= 4 is 11.9 Å². The molecule has 0 amide bonds. The Hall–Kier alpha value is -2.24. The minimum atomic E-state index is 0.293. The minimum absolute atomic E-state index is 0.293. The zero-order valence-corrected chi connectivity index (χ0v) is 10.7. The number of hydrogen-bond donors (Lipinski definition) is 1. The molecule has 0 aromatic carbocycles. The van der Waals surface area contributed by atoms with Crippen molar-refractivity contribution in [3.05, 3.63) is 35.9 Å². The van der Waals surface area contributed by atoms with Gasteiger partial charge in [0.05, 0.1) is 0 Å². The smallest absolute Gasteiger partial charge is 0.230 e. The lowest BCUT2D eigenvalue weighted by Gasteiger charge is -2.15. The average Bonchev–Trinajstić information content (AvgIpc) is 2.93. The maximum absolute atomic E-state index is 5.78. The molecular weight excluding hydrogens is 240 g/mol. The summed E-state index contributed by atoms with van der Waals surface area (Å²) in [4.78, 5) is 19.1. The first-order chi connectivity index (χ1) is 9.31. The van der Waals surface area contributed by atoms with Crippen LogP contribution in [0.4, 0.5) is 11.9 Å². The summed E-state index contributed by atoms with van der Waals surface area (Å²) >= 11 is 0. The molecule has 1 aliphatic heterocycles. The molecule has 0 atom stereocenters. The Morgan fingerprint density at radius 3 is 2.53 bits per heavy atom. The van der Waals surface area contributed by atoms with E-state index in [1.165, 1.54) is 12.8 Å². The van der Waals surface area contributed by atoms with Crippen LogP contribution in [-0.2, 0) is 6.42 Å². The molecule has 0 bridgehead atoms. The fraction of sp³-hybridized carbons (Fsp3) is 0.385. The summed E-state index contributed by atoms with van der Waals surface area (Å²) in [6.07, 6.45) is 6.55. The molecule has 3 heterocycles. The quantitative estimate of drug-likeness (QED) is 0.883. The SMILES string of the molecule is Nc1nc(Cc2ccncc2)nc(N2CCCC2)n1. The highest BCUT2D eigenvalue weighted by molar-refractivity contribution is 5.36. The molecule has 1 aliphatic rings. The van der Waals surface area contributed by atoms with Gasteiger partial charge in [0.25, 0.3) is 0 Å². The van der Waals surface area contributed by atoms with Gasteiger partial charge in [0.1, 0.15) is 5.82 Å². The lowest BCUT2D eigenvalue weighted by molar-refractivity contribution is 0.848. The van der Waals surface area contributed by atoms with Crippen LogP contribution in [0, 0.1) is 0 Å². The summed E-state index contributed by atoms with van der Waals surface area (Å²) in [6, 6.07) is 3.91. The predicted molar refractivity (Wildman–Crippen MR) is 72.7 cm³/mol. The van der Waals surface area contributed by atoms with Crippen LogP contribution in [0.2, 0.25) is 0 Å². The Bertz CT molecular complexity index is 550. The van der Waals surface area contributed by atoms with E-state index in [-0.39, 0.29) is 0 Å². The van der Waals surface area contributed by atoms with Gasteiger partial charge in [-0.15, -0.1) is 0 Å². The number of aromatic nitrogens is 4. The lowest BCUT2D eigenvalue weighted by Crippen LogP contribution is -2.22. The molecule has 6 heteroatoms. The average molecular weight is 256 g/mol. The van der Waals surface area contributed by atoms with Crippen LogP contribution < -0.4 is 10.6 Å². The number of nitrogens with zero attached hydrogens (tertiary/aromatic N) is 5. The van der Waals surface area contributed by atoms with Crippen LogP contribution in [0.25, 0.3) is 0 Å². The van der Waals surface area contributed by atoms with Gasteiger partial charge in [-0.05, 0) is 30.5 Å². The molecule has 1 fully saturated rings. The highest BCUT2D eigenvalue weighted by Gasteiger charge is 2.16. The third kappa shape index (κ3) is 2.78. The Kier molecular flexibility index (Phi) is 3.22. The van der Waals surface area contributed by atoms with Crippen molar-refractivity contribution < 1.29 is 0 Å². The standard InChI is InChI=1S/C13H16N6/c14-12-16-11(9-10-3-5-15-6-4-10)17-13(18-12)19-7-1-2-8-19/h3-6H,1-2,7-9H2,(H2,14,16,17,18). The van der Waals surface area contributed by atoms with Crippen molar-refractivity contribution in [1.82, 2.24) is 19.9 Å². The lowest BCUT2D eigenvalue weighted by atomic mass is 10.2. The number of nitrogen functional groups attached to an aromatic ring is 1. The van der Waals surface area contributed by atoms with Gasteiger partial charge < -0.3 is 10.6 Å². The summed E-state index contributed by atoms with van der Waals surface area (Å²) in [6.45, 7) is 2.00. The van der Waals surface area contributed by atoms with Gasteiger partial charge in [-0.2, -0.15) is 15.0 Å². The van der Waals surface area contributed by atoms with E-state index in [9.17, 15) is 0 Å². The predicted octanol–water partition coefficient (Wildman–Crippen LogP) is 1.04. The van der Waals surface area contributed by atoms with Crippen LogP contribution in [0.5, 0.6) is 0 Å². The fourth-order valence-corrected chi connectivity index (χ4v) is 2.25. The first kappa shape index (κ1) is 11.8. The number of rotatable bonds is 3. The van der Waals surface area contributed by atoms with Gasteiger partial charge in [-0.3, -0.25) is 4.98 Å². The Balaban J connectivity index is 1.85. The first-order valence-electron chi connectivity index (χ1n) is 6.45. The van der Waals surface area contributed by atoms with E-state index >= 15 is 0 Å². The van der Waals surface area contributed by atoms with E-state index in [0.717, 1.165) is 18.7 Å². The van der Waals surface area contributed by atoms with Gasteiger partial charge in [-0.1, -0.05) is 0 Å². The molecule has 6 nitrogen and oxygen atoms in total. The second kappa shape index (κ2) is 5.17. The number of hydrogen-bond acceptors (Lipinski definition) is 6. The molecule has 1 saturated heterocycles. The highest BCUT2D eigenvalue weighted by Crippen LogP contribution is 2.17. The number of anilines is 2. The van der Waals surface area contributed by atoms with Crippen molar-refractivity contribution in [3.63, 3.8) is 0 Å². The van der Waals surface area contributed by atoms with Gasteiger partial charge >= 0.3 is 0 Å². The van der Waals surface area contributed by atoms with Crippen LogP contribution in [-0.4, -0.2) is 33.0 Å². The monoisotopic (exact) mass is 256 g/mol. The molecule has 3 rings (SSSR count). The van der Waals surface area contributed by atoms with Crippen molar-refractivity contribution in [2.24, 2.45) is 0 Å². The summed E-state index contributed by atoms with van der Waals surface area (Å²) < 4.78 is 0. The third-order valence-corrected chi connectivity index (χ3v) is 3.19. The molecule has 98 valence electrons. The largest absolute Gasteiger partial charge is 0.368 e. The molecule has 0 saturated carbocycles. The molecule has 0 aliphatic carbocycles. The summed E-state index contributed by atoms with van der Waals surface area (Å²) in [5, 5.41) is 0. The molecule has 0 spiro atoms. The second-order valence-electron chi connectivity index (χ2n) is 4.64. The maximum Gasteiger partial charge on any atom is 0.230 e. The van der Waals surface area contributed by atoms with Crippen LogP contribution in [0.15, 0.2) is 24.5 Å². The Labute approximate surface area is 111 Å². The summed E-state index contributed by atoms with van der Waals surface area (Å²) in [7, 11) is 0. The van der Waals surface area contributed by atoms with E-state index in [1.54, 1.807) is 12.4 Å². The van der Waals surface area contributed by atoms with Crippen molar-refractivity contribution in [2.75, 3.05) is 23.7 Å². The fourth-order valence-electron chi connectivity index (χ4n) is 2.25. The van der Waals surface area contributed by atoms with E-state index in [0.29, 0.717) is 24.1 Å². The Morgan fingerprint density at radius 1 is 1.05 bits per heavy atom. The van der Waals surface area contributed by atoms with Gasteiger partial charge in [-0.25, -0.2) is 0 Å². The van der Waals surface area contributed by atoms with Gasteiger partial charge in [0, 0.05) is 31.9 Å². The molecule has 0 radical (unpaired) electrons. The van der Waals surface area contributed by atoms with Gasteiger partial charge in [0.2, 0.25) is 11.9 Å². The number of pyridine rings is 1. The summed E-state index contributed by atoms with van der Waals surface area (Å²) in [5.74, 6) is 1.70. The van der Waals surface area contributed by atoms with Crippen molar-refractivity contribution in [1.29, 1.82) is 0 Å². The van der Waals surface area contributed by atoms with Crippen molar-refractivity contribution in [2.45, 2.75) is 19.3 Å². The summed E-state index contributed by atoms with van der Waals surface area (Å²) in [5.41, 5.74) is 6.90. The minimum Gasteiger partial charge on any atom is -0.368 e. The maximum atomic E-state index is 5.78. The van der Waals surface area contributed by atoms with E-state index < -0.39 is 0 Å². The van der Waals surface area contributed by atoms with Gasteiger partial charge in [0.15, 0.2) is 0 Å². The van der Waals surface area contributed by atoms with E-state index in [2.05, 4.69) is 24.8 Å². The highest BCUT2D eigenvalue weighted by atomic mass is 15.3. The zero-order chi connectivity index (χ0) is 13.1. The van der Waals surface area contributed by atoms with Crippen LogP contribution in [0.1, 0.15) is 24.2 Å². The number of nitrogens with two attached hydrogens (primary N) is 1. The Morgan fingerprint density at radius 2 is 1.79 bits per heavy atom. The molecule has 2 aromatic rings. The van der Waals surface area contributed by atoms with Crippen LogP contribution in [0.3, 0.4) is 0 Å². The van der Waals surface area contributed by atoms with E-state index in [4.69, 9.17) is 5.73 Å². The zero-order valence-electron chi connectivity index (χ0n) is 10.7.